The number of nitrogens with zero attached hydrogens (tertiary/aromatic N) is 2. The van der Waals surface area contributed by atoms with Gasteiger partial charge in [0.05, 0.1) is 18.5 Å². The molecular formula is C15H16N2O2. The molecule has 0 aliphatic heterocycles. The molecule has 0 amide bonds. The highest BCUT2D eigenvalue weighted by Crippen LogP contribution is 2.48. The number of hydrogen-bond acceptors (Lipinski definition) is 3. The van der Waals surface area contributed by atoms with Crippen LogP contribution in [0.5, 0.6) is 0 Å². The zero-order valence-corrected chi connectivity index (χ0v) is 11.1. The normalized spacial score (nSPS) is 16.1. The third-order valence-electron chi connectivity index (χ3n) is 3.70. The number of rotatable bonds is 3. The standard InChI is InChI=1S/C15H16N2O2/c1-11-10-13(15(8-9-15)14(18)19-2)16-17(11)12-6-4-3-5-7-12/h3-7,10H,8-9H2,1-2H3. The average Bonchev–Trinajstić information content (AvgIpc) is 3.17. The lowest BCUT2D eigenvalue weighted by Gasteiger charge is -2.09. The fourth-order valence-electron chi connectivity index (χ4n) is 2.42. The van der Waals surface area contributed by atoms with E-state index in [0.717, 1.165) is 29.9 Å². The number of hydrogen-bond donors (Lipinski definition) is 0. The third-order valence-corrected chi connectivity index (χ3v) is 3.70. The molecule has 1 aliphatic rings. The van der Waals surface area contributed by atoms with Gasteiger partial charge in [0.15, 0.2) is 0 Å². The maximum atomic E-state index is 11.9. The van der Waals surface area contributed by atoms with Gasteiger partial charge in [-0.1, -0.05) is 18.2 Å². The van der Waals surface area contributed by atoms with E-state index in [-0.39, 0.29) is 5.97 Å². The van der Waals surface area contributed by atoms with Crippen LogP contribution in [-0.2, 0) is 14.9 Å². The Morgan fingerprint density at radius 3 is 2.58 bits per heavy atom. The summed E-state index contributed by atoms with van der Waals surface area (Å²) in [5.41, 5.74) is 2.35. The van der Waals surface area contributed by atoms with Crippen LogP contribution in [0.4, 0.5) is 0 Å². The van der Waals surface area contributed by atoms with Crippen molar-refractivity contribution in [3.63, 3.8) is 0 Å². The Labute approximate surface area is 112 Å². The van der Waals surface area contributed by atoms with E-state index in [9.17, 15) is 4.79 Å². The Bertz CT molecular complexity index is 612. The number of carbonyl (C=O) groups is 1. The topological polar surface area (TPSA) is 44.1 Å². The highest BCUT2D eigenvalue weighted by molar-refractivity contribution is 5.85. The van der Waals surface area contributed by atoms with Gasteiger partial charge in [0.25, 0.3) is 0 Å². The second-order valence-corrected chi connectivity index (χ2v) is 4.99. The summed E-state index contributed by atoms with van der Waals surface area (Å²) in [5.74, 6) is -0.176. The molecule has 0 atom stereocenters. The predicted octanol–water partition coefficient (Wildman–Crippen LogP) is 2.39. The van der Waals surface area contributed by atoms with Crippen LogP contribution < -0.4 is 0 Å². The Kier molecular flexibility index (Phi) is 2.66. The van der Waals surface area contributed by atoms with E-state index < -0.39 is 5.41 Å². The Hall–Kier alpha value is -2.10. The van der Waals surface area contributed by atoms with Crippen molar-refractivity contribution < 1.29 is 9.53 Å². The van der Waals surface area contributed by atoms with Crippen LogP contribution >= 0.6 is 0 Å². The summed E-state index contributed by atoms with van der Waals surface area (Å²) in [7, 11) is 1.43. The number of aryl methyl sites for hydroxylation is 1. The minimum atomic E-state index is -0.500. The van der Waals surface area contributed by atoms with Gasteiger partial charge in [0, 0.05) is 5.69 Å². The lowest BCUT2D eigenvalue weighted by molar-refractivity contribution is -0.143. The Balaban J connectivity index is 2.01. The summed E-state index contributed by atoms with van der Waals surface area (Å²) in [5, 5.41) is 4.60. The average molecular weight is 256 g/mol. The molecule has 1 aromatic carbocycles. The summed E-state index contributed by atoms with van der Waals surface area (Å²) >= 11 is 0. The van der Waals surface area contributed by atoms with Crippen molar-refractivity contribution in [1.82, 2.24) is 9.78 Å². The van der Waals surface area contributed by atoms with Crippen molar-refractivity contribution in [2.75, 3.05) is 7.11 Å². The Morgan fingerprint density at radius 2 is 2.00 bits per heavy atom. The number of esters is 1. The summed E-state index contributed by atoms with van der Waals surface area (Å²) in [4.78, 5) is 11.9. The lowest BCUT2D eigenvalue weighted by Crippen LogP contribution is -2.22. The van der Waals surface area contributed by atoms with Crippen molar-refractivity contribution >= 4 is 5.97 Å². The van der Waals surface area contributed by atoms with Gasteiger partial charge in [-0.25, -0.2) is 4.68 Å². The number of para-hydroxylation sites is 1. The monoisotopic (exact) mass is 256 g/mol. The van der Waals surface area contributed by atoms with Gasteiger partial charge in [-0.3, -0.25) is 4.79 Å². The van der Waals surface area contributed by atoms with Gasteiger partial charge in [-0.2, -0.15) is 5.10 Å². The number of ether oxygens (including phenoxy) is 1. The molecule has 0 unspecified atom stereocenters. The van der Waals surface area contributed by atoms with E-state index in [1.54, 1.807) is 0 Å². The molecule has 0 saturated heterocycles. The molecule has 1 fully saturated rings. The lowest BCUT2D eigenvalue weighted by atomic mass is 10.0. The van der Waals surface area contributed by atoms with Crippen LogP contribution in [0.15, 0.2) is 36.4 Å². The highest BCUT2D eigenvalue weighted by Gasteiger charge is 2.54. The molecule has 4 heteroatoms. The fourth-order valence-corrected chi connectivity index (χ4v) is 2.42. The fraction of sp³-hybridized carbons (Fsp3) is 0.333. The summed E-state index contributed by atoms with van der Waals surface area (Å²) in [6.07, 6.45) is 1.65. The molecule has 3 rings (SSSR count). The molecule has 1 saturated carbocycles. The molecular weight excluding hydrogens is 240 g/mol. The zero-order chi connectivity index (χ0) is 13.5. The number of carbonyl (C=O) groups excluding carboxylic acids is 1. The first-order valence-electron chi connectivity index (χ1n) is 6.38. The van der Waals surface area contributed by atoms with Crippen molar-refractivity contribution in [2.45, 2.75) is 25.2 Å². The largest absolute Gasteiger partial charge is 0.468 e. The minimum Gasteiger partial charge on any atom is -0.468 e. The highest BCUT2D eigenvalue weighted by atomic mass is 16.5. The molecule has 19 heavy (non-hydrogen) atoms. The van der Waals surface area contributed by atoms with Gasteiger partial charge in [0.2, 0.25) is 0 Å². The summed E-state index contributed by atoms with van der Waals surface area (Å²) in [6, 6.07) is 11.9. The molecule has 0 N–H and O–H groups in total. The molecule has 1 aromatic heterocycles. The quantitative estimate of drug-likeness (QED) is 0.792. The van der Waals surface area contributed by atoms with Crippen LogP contribution in [0.2, 0.25) is 0 Å². The van der Waals surface area contributed by atoms with Gasteiger partial charge < -0.3 is 4.74 Å². The van der Waals surface area contributed by atoms with Crippen LogP contribution in [0.3, 0.4) is 0 Å². The van der Waals surface area contributed by atoms with Crippen LogP contribution in [0, 0.1) is 6.92 Å². The van der Waals surface area contributed by atoms with E-state index in [4.69, 9.17) is 4.74 Å². The van der Waals surface area contributed by atoms with E-state index in [2.05, 4.69) is 5.10 Å². The summed E-state index contributed by atoms with van der Waals surface area (Å²) < 4.78 is 6.77. The molecule has 0 bridgehead atoms. The molecule has 1 heterocycles. The number of benzene rings is 1. The summed E-state index contributed by atoms with van der Waals surface area (Å²) in [6.45, 7) is 2.00. The minimum absolute atomic E-state index is 0.176. The van der Waals surface area contributed by atoms with E-state index in [0.29, 0.717) is 0 Å². The van der Waals surface area contributed by atoms with E-state index in [1.165, 1.54) is 7.11 Å². The second kappa shape index (κ2) is 4.23. The first-order chi connectivity index (χ1) is 9.17. The van der Waals surface area contributed by atoms with Gasteiger partial charge in [-0.05, 0) is 38.0 Å². The van der Waals surface area contributed by atoms with Crippen LogP contribution in [0.25, 0.3) is 5.69 Å². The molecule has 98 valence electrons. The van der Waals surface area contributed by atoms with Gasteiger partial charge >= 0.3 is 5.97 Å². The van der Waals surface area contributed by atoms with E-state index >= 15 is 0 Å². The first-order valence-corrected chi connectivity index (χ1v) is 6.38. The molecule has 2 aromatic rings. The first kappa shape index (κ1) is 12.0. The van der Waals surface area contributed by atoms with Crippen LogP contribution in [0.1, 0.15) is 24.2 Å². The molecule has 1 aliphatic carbocycles. The van der Waals surface area contributed by atoms with Gasteiger partial charge in [0.1, 0.15) is 5.41 Å². The number of methoxy groups -OCH3 is 1. The zero-order valence-electron chi connectivity index (χ0n) is 11.1. The maximum absolute atomic E-state index is 11.9. The second-order valence-electron chi connectivity index (χ2n) is 4.99. The maximum Gasteiger partial charge on any atom is 0.317 e. The van der Waals surface area contributed by atoms with Crippen molar-refractivity contribution in [2.24, 2.45) is 0 Å². The molecule has 4 nitrogen and oxygen atoms in total. The van der Waals surface area contributed by atoms with Crippen molar-refractivity contribution in [1.29, 1.82) is 0 Å². The van der Waals surface area contributed by atoms with E-state index in [1.807, 2.05) is 48.0 Å². The smallest absolute Gasteiger partial charge is 0.317 e. The van der Waals surface area contributed by atoms with Gasteiger partial charge in [-0.15, -0.1) is 0 Å². The predicted molar refractivity (Wildman–Crippen MR) is 71.2 cm³/mol. The Morgan fingerprint density at radius 1 is 1.32 bits per heavy atom. The SMILES string of the molecule is COC(=O)C1(c2cc(C)n(-c3ccccc3)n2)CC1. The molecule has 0 radical (unpaired) electrons. The third kappa shape index (κ3) is 1.84. The van der Waals surface area contributed by atoms with Crippen molar-refractivity contribution in [3.05, 3.63) is 47.8 Å². The van der Waals surface area contributed by atoms with Crippen LogP contribution in [-0.4, -0.2) is 22.9 Å². The van der Waals surface area contributed by atoms with Crippen molar-refractivity contribution in [3.8, 4) is 5.69 Å². The number of aromatic nitrogens is 2. The molecule has 0 spiro atoms.